The Morgan fingerprint density at radius 2 is 1.68 bits per heavy atom. The van der Waals surface area contributed by atoms with Crippen LogP contribution in [0.2, 0.25) is 0 Å². The zero-order valence-electron chi connectivity index (χ0n) is 14.9. The molecule has 124 valence electrons. The van der Waals surface area contributed by atoms with Gasteiger partial charge in [0, 0.05) is 6.54 Å². The largest absolute Gasteiger partial charge is 0.478 e. The van der Waals surface area contributed by atoms with Crippen molar-refractivity contribution >= 4 is 5.91 Å². The lowest BCUT2D eigenvalue weighted by molar-refractivity contribution is -0.134. The highest BCUT2D eigenvalue weighted by Crippen LogP contribution is 2.20. The zero-order valence-corrected chi connectivity index (χ0v) is 14.9. The Balaban J connectivity index is 2.57. The fraction of sp³-hybridized carbons (Fsp3) is 0.632. The third-order valence-electron chi connectivity index (χ3n) is 3.49. The summed E-state index contributed by atoms with van der Waals surface area (Å²) in [7, 11) is 0. The molecular formula is C19H31NO2. The van der Waals surface area contributed by atoms with E-state index >= 15 is 0 Å². The SMILES string of the molecule is CC(C)CCNC(=O)C(C)(C)Oc1ccc(CC(C)C)cc1. The third kappa shape index (κ3) is 6.50. The highest BCUT2D eigenvalue weighted by Gasteiger charge is 2.29. The molecule has 0 unspecified atom stereocenters. The van der Waals surface area contributed by atoms with Gasteiger partial charge >= 0.3 is 0 Å². The van der Waals surface area contributed by atoms with Crippen LogP contribution >= 0.6 is 0 Å². The molecule has 1 aromatic rings. The number of hydrogen-bond acceptors (Lipinski definition) is 2. The van der Waals surface area contributed by atoms with Crippen molar-refractivity contribution in [2.45, 2.75) is 60.0 Å². The number of benzene rings is 1. The highest BCUT2D eigenvalue weighted by molar-refractivity contribution is 5.84. The van der Waals surface area contributed by atoms with Gasteiger partial charge in [0.15, 0.2) is 5.60 Å². The topological polar surface area (TPSA) is 38.3 Å². The first-order chi connectivity index (χ1) is 10.2. The molecule has 3 nitrogen and oxygen atoms in total. The Labute approximate surface area is 135 Å². The number of ether oxygens (including phenoxy) is 1. The molecule has 0 aliphatic rings. The molecule has 1 amide bonds. The Bertz CT molecular complexity index is 461. The standard InChI is InChI=1S/C19H31NO2/c1-14(2)11-12-20-18(21)19(5,6)22-17-9-7-16(8-10-17)13-15(3)4/h7-10,14-15H,11-13H2,1-6H3,(H,20,21). The number of hydrogen-bond donors (Lipinski definition) is 1. The number of carbonyl (C=O) groups is 1. The second-order valence-corrected chi connectivity index (χ2v) is 7.29. The monoisotopic (exact) mass is 305 g/mol. The maximum absolute atomic E-state index is 12.2. The van der Waals surface area contributed by atoms with E-state index in [0.717, 1.165) is 18.6 Å². The average molecular weight is 305 g/mol. The first-order valence-corrected chi connectivity index (χ1v) is 8.27. The number of amides is 1. The van der Waals surface area contributed by atoms with Crippen LogP contribution in [0.1, 0.15) is 53.5 Å². The summed E-state index contributed by atoms with van der Waals surface area (Å²) in [6, 6.07) is 8.03. The molecule has 1 N–H and O–H groups in total. The van der Waals surface area contributed by atoms with Crippen LogP contribution in [-0.4, -0.2) is 18.1 Å². The van der Waals surface area contributed by atoms with Crippen molar-refractivity contribution < 1.29 is 9.53 Å². The van der Waals surface area contributed by atoms with Crippen molar-refractivity contribution in [2.75, 3.05) is 6.54 Å². The Hall–Kier alpha value is -1.51. The normalized spacial score (nSPS) is 11.8. The minimum absolute atomic E-state index is 0.0700. The predicted octanol–water partition coefficient (Wildman–Crippen LogP) is 4.20. The number of carbonyl (C=O) groups excluding carboxylic acids is 1. The van der Waals surface area contributed by atoms with Gasteiger partial charge in [0.05, 0.1) is 0 Å². The lowest BCUT2D eigenvalue weighted by atomic mass is 10.0. The van der Waals surface area contributed by atoms with E-state index < -0.39 is 5.60 Å². The van der Waals surface area contributed by atoms with Gasteiger partial charge in [-0.1, -0.05) is 39.8 Å². The van der Waals surface area contributed by atoms with Crippen LogP contribution in [-0.2, 0) is 11.2 Å². The van der Waals surface area contributed by atoms with Crippen LogP contribution in [0.4, 0.5) is 0 Å². The Kier molecular flexibility index (Phi) is 6.92. The highest BCUT2D eigenvalue weighted by atomic mass is 16.5. The van der Waals surface area contributed by atoms with E-state index in [9.17, 15) is 4.79 Å². The maximum atomic E-state index is 12.2. The first kappa shape index (κ1) is 18.5. The molecule has 0 atom stereocenters. The average Bonchev–Trinajstić information content (AvgIpc) is 2.39. The molecular weight excluding hydrogens is 274 g/mol. The molecule has 22 heavy (non-hydrogen) atoms. The van der Waals surface area contributed by atoms with E-state index in [2.05, 4.69) is 45.1 Å². The van der Waals surface area contributed by atoms with Gasteiger partial charge in [0.1, 0.15) is 5.75 Å². The molecule has 0 radical (unpaired) electrons. The Morgan fingerprint density at radius 1 is 1.09 bits per heavy atom. The van der Waals surface area contributed by atoms with Gasteiger partial charge in [-0.3, -0.25) is 4.79 Å². The zero-order chi connectivity index (χ0) is 16.8. The molecule has 0 spiro atoms. The quantitative estimate of drug-likeness (QED) is 0.781. The fourth-order valence-electron chi connectivity index (χ4n) is 2.19. The van der Waals surface area contributed by atoms with E-state index in [-0.39, 0.29) is 5.91 Å². The fourth-order valence-corrected chi connectivity index (χ4v) is 2.19. The van der Waals surface area contributed by atoms with Crippen molar-refractivity contribution in [3.8, 4) is 5.75 Å². The van der Waals surface area contributed by atoms with E-state index in [4.69, 9.17) is 4.74 Å². The summed E-state index contributed by atoms with van der Waals surface area (Å²) in [4.78, 5) is 12.2. The van der Waals surface area contributed by atoms with Crippen molar-refractivity contribution in [2.24, 2.45) is 11.8 Å². The third-order valence-corrected chi connectivity index (χ3v) is 3.49. The van der Waals surface area contributed by atoms with Crippen molar-refractivity contribution in [3.63, 3.8) is 0 Å². The molecule has 0 aliphatic carbocycles. The molecule has 0 saturated heterocycles. The molecule has 0 bridgehead atoms. The summed E-state index contributed by atoms with van der Waals surface area (Å²) in [5.41, 5.74) is 0.429. The molecule has 1 rings (SSSR count). The molecule has 0 aromatic heterocycles. The van der Waals surface area contributed by atoms with Gasteiger partial charge in [-0.05, 0) is 56.2 Å². The van der Waals surface area contributed by atoms with Crippen LogP contribution < -0.4 is 10.1 Å². The molecule has 0 saturated carbocycles. The van der Waals surface area contributed by atoms with E-state index in [1.54, 1.807) is 13.8 Å². The van der Waals surface area contributed by atoms with Gasteiger partial charge in [0.2, 0.25) is 0 Å². The van der Waals surface area contributed by atoms with Gasteiger partial charge in [-0.2, -0.15) is 0 Å². The molecule has 3 heteroatoms. The van der Waals surface area contributed by atoms with Crippen LogP contribution in [0, 0.1) is 11.8 Å². The van der Waals surface area contributed by atoms with Gasteiger partial charge < -0.3 is 10.1 Å². The summed E-state index contributed by atoms with van der Waals surface area (Å²) < 4.78 is 5.87. The van der Waals surface area contributed by atoms with Crippen LogP contribution in [0.25, 0.3) is 0 Å². The van der Waals surface area contributed by atoms with Crippen LogP contribution in [0.5, 0.6) is 5.75 Å². The maximum Gasteiger partial charge on any atom is 0.263 e. The van der Waals surface area contributed by atoms with E-state index in [1.165, 1.54) is 5.56 Å². The van der Waals surface area contributed by atoms with E-state index in [1.807, 2.05) is 12.1 Å². The van der Waals surface area contributed by atoms with Crippen molar-refractivity contribution in [1.29, 1.82) is 0 Å². The summed E-state index contributed by atoms with van der Waals surface area (Å²) in [5.74, 6) is 1.88. The number of nitrogens with one attached hydrogen (secondary N) is 1. The minimum atomic E-state index is -0.865. The predicted molar refractivity (Wildman–Crippen MR) is 92.2 cm³/mol. The summed E-state index contributed by atoms with van der Waals surface area (Å²) in [6.07, 6.45) is 2.03. The Morgan fingerprint density at radius 3 is 2.18 bits per heavy atom. The lowest BCUT2D eigenvalue weighted by Gasteiger charge is -2.25. The lowest BCUT2D eigenvalue weighted by Crippen LogP contribution is -2.46. The molecule has 0 aliphatic heterocycles. The molecule has 0 heterocycles. The minimum Gasteiger partial charge on any atom is -0.478 e. The van der Waals surface area contributed by atoms with Crippen molar-refractivity contribution in [1.82, 2.24) is 5.32 Å². The van der Waals surface area contributed by atoms with Crippen LogP contribution in [0.3, 0.4) is 0 Å². The summed E-state index contributed by atoms with van der Waals surface area (Å²) >= 11 is 0. The van der Waals surface area contributed by atoms with E-state index in [0.29, 0.717) is 18.4 Å². The second kappa shape index (κ2) is 8.21. The van der Waals surface area contributed by atoms with Gasteiger partial charge in [-0.15, -0.1) is 0 Å². The first-order valence-electron chi connectivity index (χ1n) is 8.27. The van der Waals surface area contributed by atoms with Gasteiger partial charge in [-0.25, -0.2) is 0 Å². The number of rotatable bonds is 8. The smallest absolute Gasteiger partial charge is 0.263 e. The van der Waals surface area contributed by atoms with Crippen molar-refractivity contribution in [3.05, 3.63) is 29.8 Å². The molecule has 1 aromatic carbocycles. The van der Waals surface area contributed by atoms with Crippen LogP contribution in [0.15, 0.2) is 24.3 Å². The summed E-state index contributed by atoms with van der Waals surface area (Å²) in [5, 5.41) is 2.95. The summed E-state index contributed by atoms with van der Waals surface area (Å²) in [6.45, 7) is 13.0. The van der Waals surface area contributed by atoms with Gasteiger partial charge in [0.25, 0.3) is 5.91 Å². The molecule has 0 fully saturated rings. The second-order valence-electron chi connectivity index (χ2n) is 7.29.